The number of rotatable bonds is 3. The van der Waals surface area contributed by atoms with E-state index in [9.17, 15) is 10.1 Å². The average molecular weight is 239 g/mol. The highest BCUT2D eigenvalue weighted by Gasteiger charge is 2.25. The Balaban J connectivity index is 2.34. The third-order valence-electron chi connectivity index (χ3n) is 2.31. The van der Waals surface area contributed by atoms with Crippen molar-refractivity contribution in [3.05, 3.63) is 33.9 Å². The van der Waals surface area contributed by atoms with Gasteiger partial charge in [-0.15, -0.1) is 0 Å². The molecule has 2 rings (SSSR count). The van der Waals surface area contributed by atoms with Crippen LogP contribution in [0.1, 0.15) is 15.8 Å². The molecule has 1 aliphatic rings. The largest absolute Gasteiger partial charge is 0.490 e. The van der Waals surface area contributed by atoms with E-state index in [-0.39, 0.29) is 11.4 Å². The van der Waals surface area contributed by atoms with E-state index in [0.717, 1.165) is 11.3 Å². The summed E-state index contributed by atoms with van der Waals surface area (Å²) < 4.78 is 26.8. The zero-order valence-corrected chi connectivity index (χ0v) is 8.95. The molecule has 0 spiro atoms. The van der Waals surface area contributed by atoms with Gasteiger partial charge in [-0.2, -0.15) is 0 Å². The smallest absolute Gasteiger partial charge is 0.311 e. The fourth-order valence-electron chi connectivity index (χ4n) is 1.61. The van der Waals surface area contributed by atoms with Crippen molar-refractivity contribution >= 4 is 12.0 Å². The van der Waals surface area contributed by atoms with Crippen LogP contribution in [0.3, 0.4) is 0 Å². The Morgan fingerprint density at radius 3 is 3.12 bits per heavy atom. The van der Waals surface area contributed by atoms with Gasteiger partial charge >= 0.3 is 5.69 Å². The van der Waals surface area contributed by atoms with E-state index in [1.165, 1.54) is 19.2 Å². The number of nitro benzene ring substituents is 1. The summed E-state index contributed by atoms with van der Waals surface area (Å²) in [4.78, 5) is 14.4. The Morgan fingerprint density at radius 2 is 2.53 bits per heavy atom. The van der Waals surface area contributed by atoms with E-state index in [2.05, 4.69) is 10.4 Å². The van der Waals surface area contributed by atoms with Crippen LogP contribution in [0.5, 0.6) is 5.75 Å². The Morgan fingerprint density at radius 1 is 1.71 bits per heavy atom. The molecular formula is C10H12N4O3. The van der Waals surface area contributed by atoms with E-state index in [0.29, 0.717) is 5.56 Å². The average Bonchev–Trinajstić information content (AvgIpc) is 2.86. The molecule has 1 unspecified atom stereocenters. The summed E-state index contributed by atoms with van der Waals surface area (Å²) in [5, 5.41) is 11.8. The number of nitrogens with one attached hydrogen (secondary N) is 1. The van der Waals surface area contributed by atoms with Crippen LogP contribution in [0.2, 0.25) is 0 Å². The predicted molar refractivity (Wildman–Crippen MR) is 61.8 cm³/mol. The van der Waals surface area contributed by atoms with Gasteiger partial charge in [0.25, 0.3) is 0 Å². The molecule has 0 aromatic heterocycles. The van der Waals surface area contributed by atoms with E-state index in [1.54, 1.807) is 6.07 Å². The molecule has 1 atom stereocenters. The number of ether oxygens (including phenoxy) is 1. The molecule has 0 amide bonds. The number of hydrogen-bond acceptors (Lipinski definition) is 6. The van der Waals surface area contributed by atoms with Crippen LogP contribution in [0.25, 0.3) is 0 Å². The maximum atomic E-state index is 10.9. The Labute approximate surface area is 102 Å². The van der Waals surface area contributed by atoms with Crippen LogP contribution >= 0.6 is 0 Å². The van der Waals surface area contributed by atoms with Gasteiger partial charge in [-0.25, -0.2) is 10.4 Å². The number of para-hydroxylation sites is 1. The first kappa shape index (κ1) is 8.02. The van der Waals surface area contributed by atoms with Crippen LogP contribution < -0.4 is 10.2 Å². The molecule has 7 nitrogen and oxygen atoms in total. The quantitative estimate of drug-likeness (QED) is 0.630. The van der Waals surface area contributed by atoms with Gasteiger partial charge in [-0.3, -0.25) is 15.1 Å². The predicted octanol–water partition coefficient (Wildman–Crippen LogP) is 1.08. The van der Waals surface area contributed by atoms with E-state index in [4.69, 9.17) is 8.85 Å². The first-order valence-electron chi connectivity index (χ1n) is 6.24. The van der Waals surface area contributed by atoms with Gasteiger partial charge in [-0.1, -0.05) is 12.1 Å². The first-order chi connectivity index (χ1) is 9.34. The van der Waals surface area contributed by atoms with Crippen LogP contribution in [0.15, 0.2) is 23.2 Å². The summed E-state index contributed by atoms with van der Waals surface area (Å²) in [5.41, 5.74) is 2.83. The number of nitro groups is 1. The van der Waals surface area contributed by atoms with Crippen LogP contribution in [-0.4, -0.2) is 30.4 Å². The highest BCUT2D eigenvalue weighted by Crippen LogP contribution is 2.35. The lowest BCUT2D eigenvalue weighted by Gasteiger charge is -2.15. The van der Waals surface area contributed by atoms with Gasteiger partial charge < -0.3 is 4.74 Å². The summed E-state index contributed by atoms with van der Waals surface area (Å²) >= 11 is 0. The van der Waals surface area contributed by atoms with Crippen molar-refractivity contribution in [3.63, 3.8) is 0 Å². The van der Waals surface area contributed by atoms with Gasteiger partial charge in [0.2, 0.25) is 5.75 Å². The fourth-order valence-corrected chi connectivity index (χ4v) is 1.61. The molecule has 90 valence electrons. The maximum Gasteiger partial charge on any atom is 0.311 e. The minimum atomic E-state index is -2.38. The van der Waals surface area contributed by atoms with Gasteiger partial charge in [0, 0.05) is 22.7 Å². The number of aliphatic imine (C=N–C) groups is 1. The molecular weight excluding hydrogens is 224 g/mol. The molecule has 0 bridgehead atoms. The summed E-state index contributed by atoms with van der Waals surface area (Å²) in [6, 6.07) is 4.39. The molecule has 0 fully saturated rings. The molecule has 0 saturated carbocycles. The molecule has 0 aliphatic carbocycles. The summed E-state index contributed by atoms with van der Waals surface area (Å²) in [6.45, 7) is -2.38. The van der Waals surface area contributed by atoms with E-state index in [1.807, 2.05) is 0 Å². The zero-order valence-electron chi connectivity index (χ0n) is 12.0. The second-order valence-corrected chi connectivity index (χ2v) is 3.32. The molecule has 1 aromatic carbocycles. The zero-order chi connectivity index (χ0) is 14.9. The lowest BCUT2D eigenvalue weighted by atomic mass is 10.1. The minimum Gasteiger partial charge on any atom is -0.490 e. The second kappa shape index (κ2) is 4.38. The van der Waals surface area contributed by atoms with Crippen molar-refractivity contribution in [1.29, 1.82) is 0 Å². The topological polar surface area (TPSA) is 80.0 Å². The molecule has 1 heterocycles. The van der Waals surface area contributed by atoms with Crippen molar-refractivity contribution in [2.45, 2.75) is 6.17 Å². The third kappa shape index (κ3) is 2.04. The van der Waals surface area contributed by atoms with Gasteiger partial charge in [0.15, 0.2) is 0 Å². The molecule has 1 aromatic rings. The standard InChI is InChI=1S/C10H12N4O3/c1-13-6-11-10(12-13)7-4-3-5-8(14(15)16)9(7)17-2/h3-6,10,12H,1-2H3/i1D3. The van der Waals surface area contributed by atoms with Gasteiger partial charge in [0.05, 0.1) is 12.0 Å². The third-order valence-corrected chi connectivity index (χ3v) is 2.31. The summed E-state index contributed by atoms with van der Waals surface area (Å²) in [7, 11) is 1.31. The normalized spacial score (nSPS) is 21.8. The molecule has 17 heavy (non-hydrogen) atoms. The summed E-state index contributed by atoms with van der Waals surface area (Å²) in [5.74, 6) is 0.0551. The number of benzene rings is 1. The van der Waals surface area contributed by atoms with Crippen LogP contribution in [0.4, 0.5) is 5.69 Å². The summed E-state index contributed by atoms with van der Waals surface area (Å²) in [6.07, 6.45) is 0.390. The first-order valence-corrected chi connectivity index (χ1v) is 4.74. The van der Waals surface area contributed by atoms with E-state index < -0.39 is 18.1 Å². The molecule has 7 heteroatoms. The highest BCUT2D eigenvalue weighted by atomic mass is 16.6. The van der Waals surface area contributed by atoms with Crippen LogP contribution in [0, 0.1) is 10.1 Å². The SMILES string of the molecule is [2H]C([2H])([2H])N1C=NC(c2cccc([N+](=O)[O-])c2OC)N1. The fraction of sp³-hybridized carbons (Fsp3) is 0.300. The van der Waals surface area contributed by atoms with Gasteiger partial charge in [0.1, 0.15) is 12.5 Å². The Bertz CT molecular complexity index is 561. The van der Waals surface area contributed by atoms with Crippen molar-refractivity contribution in [2.24, 2.45) is 4.99 Å². The molecule has 1 aliphatic heterocycles. The van der Waals surface area contributed by atoms with Gasteiger partial charge in [-0.05, 0) is 0 Å². The van der Waals surface area contributed by atoms with Crippen molar-refractivity contribution in [1.82, 2.24) is 10.4 Å². The van der Waals surface area contributed by atoms with Crippen molar-refractivity contribution in [3.8, 4) is 5.75 Å². The van der Waals surface area contributed by atoms with Crippen molar-refractivity contribution < 1.29 is 13.8 Å². The maximum absolute atomic E-state index is 10.9. The second-order valence-electron chi connectivity index (χ2n) is 3.32. The number of hydrogen-bond donors (Lipinski definition) is 1. The number of hydrazine groups is 1. The molecule has 0 radical (unpaired) electrons. The molecule has 0 saturated heterocycles. The molecule has 1 N–H and O–H groups in total. The monoisotopic (exact) mass is 239 g/mol. The number of nitrogens with zero attached hydrogens (tertiary/aromatic N) is 3. The minimum absolute atomic E-state index is 0.0551. The van der Waals surface area contributed by atoms with Crippen molar-refractivity contribution in [2.75, 3.05) is 14.1 Å². The lowest BCUT2D eigenvalue weighted by Crippen LogP contribution is -2.29. The lowest BCUT2D eigenvalue weighted by molar-refractivity contribution is -0.385. The van der Waals surface area contributed by atoms with E-state index >= 15 is 0 Å². The Kier molecular flexibility index (Phi) is 2.07. The Hall–Kier alpha value is -2.15. The van der Waals surface area contributed by atoms with Crippen LogP contribution in [-0.2, 0) is 0 Å². The highest BCUT2D eigenvalue weighted by molar-refractivity contribution is 5.59. The number of methoxy groups -OCH3 is 1.